The van der Waals surface area contributed by atoms with Gasteiger partial charge in [-0.05, 0) is 0 Å². The van der Waals surface area contributed by atoms with Crippen molar-refractivity contribution in [3.63, 3.8) is 0 Å². The van der Waals surface area contributed by atoms with Gasteiger partial charge in [-0.3, -0.25) is 4.55 Å². The van der Waals surface area contributed by atoms with Crippen LogP contribution in [0.4, 0.5) is 0 Å². The molecular formula is C3H9CaClO4S. The van der Waals surface area contributed by atoms with Crippen LogP contribution in [0.2, 0.25) is 0 Å². The van der Waals surface area contributed by atoms with E-state index in [2.05, 4.69) is 0 Å². The van der Waals surface area contributed by atoms with Gasteiger partial charge in [-0.25, -0.2) is 0 Å². The topological polar surface area (TPSA) is 74.6 Å². The Bertz CT molecular complexity index is 175. The Kier molecular flexibility index (Phi) is 8.38. The Balaban J connectivity index is -0.000000107. The quantitative estimate of drug-likeness (QED) is 0.372. The van der Waals surface area contributed by atoms with E-state index in [0.717, 1.165) is 0 Å². The summed E-state index contributed by atoms with van der Waals surface area (Å²) < 4.78 is 27.9. The molecule has 7 heteroatoms. The van der Waals surface area contributed by atoms with Gasteiger partial charge in [0.1, 0.15) is 5.75 Å². The predicted molar refractivity (Wildman–Crippen MR) is 41.1 cm³/mol. The van der Waals surface area contributed by atoms with Crippen molar-refractivity contribution in [1.82, 2.24) is 0 Å². The van der Waals surface area contributed by atoms with Gasteiger partial charge < -0.3 is 7.96 Å². The first-order chi connectivity index (χ1) is 3.95. The van der Waals surface area contributed by atoms with Crippen molar-refractivity contribution in [2.75, 3.05) is 11.6 Å². The molecule has 0 aliphatic rings. The largest absolute Gasteiger partial charge is 2.00 e. The summed E-state index contributed by atoms with van der Waals surface area (Å²) in [7, 11) is -4.07. The Labute approximate surface area is 97.3 Å². The van der Waals surface area contributed by atoms with Crippen molar-refractivity contribution in [1.29, 1.82) is 0 Å². The van der Waals surface area contributed by atoms with Crippen molar-refractivity contribution < 1.29 is 20.9 Å². The summed E-state index contributed by atoms with van der Waals surface area (Å²) in [6.45, 7) is 0. The van der Waals surface area contributed by atoms with Gasteiger partial charge in [-0.2, -0.15) is 8.42 Å². The zero-order valence-corrected chi connectivity index (χ0v) is 8.98. The van der Waals surface area contributed by atoms with E-state index in [4.69, 9.17) is 21.3 Å². The molecule has 0 amide bonds. The maximum absolute atomic E-state index is 9.94. The minimum absolute atomic E-state index is 0. The first kappa shape index (κ1) is 14.0. The molecule has 0 aromatic heterocycles. The summed E-state index contributed by atoms with van der Waals surface area (Å²) in [4.78, 5) is 0. The van der Waals surface area contributed by atoms with E-state index in [-0.39, 0.29) is 46.5 Å². The summed E-state index contributed by atoms with van der Waals surface area (Å²) >= 11 is 5.03. The standard InChI is InChI=1S/C3H7ClO4S.Ca.2H/c4-1-3(5)2-9(6,7)8;;;/h3,5H,1-2H2,(H,6,7,8);;;/q;+2;2*-1. The second-order valence-electron chi connectivity index (χ2n) is 1.56. The zero-order chi connectivity index (χ0) is 7.49. The minimum atomic E-state index is -4.07. The number of hydrogen-bond acceptors (Lipinski definition) is 3. The van der Waals surface area contributed by atoms with Gasteiger partial charge in [0.25, 0.3) is 10.1 Å². The Morgan fingerprint density at radius 1 is 1.60 bits per heavy atom. The van der Waals surface area contributed by atoms with Crippen LogP contribution >= 0.6 is 11.6 Å². The molecule has 0 fully saturated rings. The molecular weight excluding hydrogens is 208 g/mol. The number of aliphatic hydroxyl groups excluding tert-OH is 1. The summed E-state index contributed by atoms with van der Waals surface area (Å²) in [6.07, 6.45) is -1.18. The van der Waals surface area contributed by atoms with Crippen molar-refractivity contribution in [2.45, 2.75) is 6.10 Å². The third-order valence-corrected chi connectivity index (χ3v) is 1.74. The number of rotatable bonds is 3. The second-order valence-corrected chi connectivity index (χ2v) is 3.36. The second kappa shape index (κ2) is 5.99. The summed E-state index contributed by atoms with van der Waals surface area (Å²) in [5.41, 5.74) is 0. The van der Waals surface area contributed by atoms with Crippen molar-refractivity contribution in [2.24, 2.45) is 0 Å². The van der Waals surface area contributed by atoms with Crippen molar-refractivity contribution in [3.05, 3.63) is 0 Å². The number of hydrogen-bond donors (Lipinski definition) is 2. The Hall–Kier alpha value is 1.42. The SMILES string of the molecule is O=S(=O)(O)CC(O)CCl.[Ca+2].[H-].[H-]. The molecule has 0 saturated carbocycles. The molecule has 0 heterocycles. The number of alkyl halides is 1. The van der Waals surface area contributed by atoms with Gasteiger partial charge in [0, 0.05) is 5.88 Å². The van der Waals surface area contributed by atoms with Gasteiger partial charge in [0.15, 0.2) is 0 Å². The molecule has 1 unspecified atom stereocenters. The fourth-order valence-electron chi connectivity index (χ4n) is 0.288. The van der Waals surface area contributed by atoms with E-state index in [1.54, 1.807) is 0 Å². The first-order valence-corrected chi connectivity index (χ1v) is 4.29. The molecule has 0 rings (SSSR count). The van der Waals surface area contributed by atoms with Crippen LogP contribution in [0.3, 0.4) is 0 Å². The van der Waals surface area contributed by atoms with Gasteiger partial charge in [-0.15, -0.1) is 11.6 Å². The van der Waals surface area contributed by atoms with E-state index in [0.29, 0.717) is 0 Å². The maximum atomic E-state index is 9.94. The molecule has 0 aliphatic heterocycles. The number of aliphatic hydroxyl groups is 1. The van der Waals surface area contributed by atoms with Gasteiger partial charge in [0.05, 0.1) is 6.10 Å². The Morgan fingerprint density at radius 3 is 2.10 bits per heavy atom. The molecule has 2 N–H and O–H groups in total. The molecule has 0 bridgehead atoms. The average Bonchev–Trinajstić information content (AvgIpc) is 1.62. The van der Waals surface area contributed by atoms with Crippen LogP contribution in [0.15, 0.2) is 0 Å². The third kappa shape index (κ3) is 9.42. The molecule has 10 heavy (non-hydrogen) atoms. The third-order valence-electron chi connectivity index (χ3n) is 0.581. The zero-order valence-electron chi connectivity index (χ0n) is 7.20. The summed E-state index contributed by atoms with van der Waals surface area (Å²) in [6, 6.07) is 0. The molecule has 0 radical (unpaired) electrons. The van der Waals surface area contributed by atoms with Crippen LogP contribution < -0.4 is 0 Å². The van der Waals surface area contributed by atoms with Crippen LogP contribution in [0, 0.1) is 0 Å². The fourth-order valence-corrected chi connectivity index (χ4v) is 1.13. The molecule has 4 nitrogen and oxygen atoms in total. The van der Waals surface area contributed by atoms with E-state index < -0.39 is 22.0 Å². The van der Waals surface area contributed by atoms with E-state index in [9.17, 15) is 8.42 Å². The predicted octanol–water partition coefficient (Wildman–Crippen LogP) is -0.682. The van der Waals surface area contributed by atoms with E-state index in [1.807, 2.05) is 0 Å². The number of halogens is 1. The van der Waals surface area contributed by atoms with Crippen LogP contribution in [0.5, 0.6) is 0 Å². The summed E-state index contributed by atoms with van der Waals surface area (Å²) in [5.74, 6) is -0.893. The van der Waals surface area contributed by atoms with Gasteiger partial charge in [-0.1, -0.05) is 0 Å². The fraction of sp³-hybridized carbons (Fsp3) is 1.00. The molecule has 0 aromatic carbocycles. The molecule has 1 atom stereocenters. The monoisotopic (exact) mass is 216 g/mol. The molecule has 0 aromatic rings. The average molecular weight is 217 g/mol. The first-order valence-electron chi connectivity index (χ1n) is 2.15. The Morgan fingerprint density at radius 2 is 2.00 bits per heavy atom. The van der Waals surface area contributed by atoms with Gasteiger partial charge >= 0.3 is 37.7 Å². The van der Waals surface area contributed by atoms with Gasteiger partial charge in [0.2, 0.25) is 0 Å². The summed E-state index contributed by atoms with van der Waals surface area (Å²) in [5, 5.41) is 8.52. The molecule has 0 aliphatic carbocycles. The van der Waals surface area contributed by atoms with Crippen LogP contribution in [-0.2, 0) is 10.1 Å². The molecule has 0 spiro atoms. The smallest absolute Gasteiger partial charge is 1.00 e. The normalized spacial score (nSPS) is 13.9. The van der Waals surface area contributed by atoms with E-state index >= 15 is 0 Å². The van der Waals surface area contributed by atoms with Crippen LogP contribution in [-0.4, -0.2) is 73.6 Å². The molecule has 60 valence electrons. The van der Waals surface area contributed by atoms with Crippen LogP contribution in [0.1, 0.15) is 2.85 Å². The maximum Gasteiger partial charge on any atom is 2.00 e. The van der Waals surface area contributed by atoms with Crippen molar-refractivity contribution in [3.8, 4) is 0 Å². The molecule has 0 saturated heterocycles. The van der Waals surface area contributed by atoms with Crippen molar-refractivity contribution >= 4 is 59.5 Å². The van der Waals surface area contributed by atoms with E-state index in [1.165, 1.54) is 0 Å². The minimum Gasteiger partial charge on any atom is -1.00 e. The van der Waals surface area contributed by atoms with Crippen LogP contribution in [0.25, 0.3) is 0 Å².